The molecular weight excluding hydrogens is 557 g/mol. The van der Waals surface area contributed by atoms with E-state index in [1.54, 1.807) is 27.7 Å². The standard InChI is InChI=1S/C26H38Cl3NO6Si/c1-14(24(33)35-19-11-17(28)16(27)10-18(19)29)22-21(15(25(2,3)4)13-34-37(8)9)23(32)30(22)12-20(31)36-26(5,6)7/h10-11,14-15,21-22,37H,12-13H2,1-9H3/t14-,15-,21+,22-/m1/s1. The number of nitrogens with zero attached hydrogens (tertiary/aromatic N) is 1. The van der Waals surface area contributed by atoms with Crippen molar-refractivity contribution in [1.29, 1.82) is 0 Å². The van der Waals surface area contributed by atoms with Crippen LogP contribution >= 0.6 is 34.8 Å². The van der Waals surface area contributed by atoms with Crippen LogP contribution in [0.15, 0.2) is 12.1 Å². The summed E-state index contributed by atoms with van der Waals surface area (Å²) in [5, 5.41) is 0.548. The van der Waals surface area contributed by atoms with Crippen LogP contribution in [0.25, 0.3) is 0 Å². The zero-order valence-electron chi connectivity index (χ0n) is 23.0. The first kappa shape index (κ1) is 31.9. The molecule has 11 heteroatoms. The van der Waals surface area contributed by atoms with Gasteiger partial charge in [-0.1, -0.05) is 55.6 Å². The lowest BCUT2D eigenvalue weighted by molar-refractivity contribution is -0.182. The van der Waals surface area contributed by atoms with Gasteiger partial charge in [0.25, 0.3) is 0 Å². The Morgan fingerprint density at radius 1 is 1.03 bits per heavy atom. The number of hydrogen-bond donors (Lipinski definition) is 0. The topological polar surface area (TPSA) is 82.1 Å². The van der Waals surface area contributed by atoms with E-state index in [1.807, 2.05) is 20.8 Å². The molecule has 0 aliphatic carbocycles. The number of amides is 1. The van der Waals surface area contributed by atoms with Crippen molar-refractivity contribution in [2.75, 3.05) is 13.2 Å². The van der Waals surface area contributed by atoms with Crippen molar-refractivity contribution < 1.29 is 28.3 Å². The van der Waals surface area contributed by atoms with E-state index in [1.165, 1.54) is 17.0 Å². The van der Waals surface area contributed by atoms with Crippen LogP contribution in [0.4, 0.5) is 0 Å². The van der Waals surface area contributed by atoms with Gasteiger partial charge in [-0.2, -0.15) is 0 Å². The van der Waals surface area contributed by atoms with Gasteiger partial charge in [0.05, 0.1) is 32.9 Å². The van der Waals surface area contributed by atoms with Crippen LogP contribution in [-0.4, -0.2) is 56.6 Å². The lowest BCUT2D eigenvalue weighted by Gasteiger charge is -2.54. The van der Waals surface area contributed by atoms with Gasteiger partial charge in [0.2, 0.25) is 5.91 Å². The van der Waals surface area contributed by atoms with E-state index in [9.17, 15) is 14.4 Å². The predicted molar refractivity (Wildman–Crippen MR) is 149 cm³/mol. The smallest absolute Gasteiger partial charge is 0.326 e. The summed E-state index contributed by atoms with van der Waals surface area (Å²) in [4.78, 5) is 40.9. The Morgan fingerprint density at radius 3 is 2.11 bits per heavy atom. The minimum absolute atomic E-state index is 0.0651. The minimum atomic E-state index is -1.37. The van der Waals surface area contributed by atoms with Crippen LogP contribution in [0.3, 0.4) is 0 Å². The molecule has 1 saturated heterocycles. The molecule has 0 radical (unpaired) electrons. The number of carbonyl (C=O) groups is 3. The Hall–Kier alpha value is -1.32. The lowest BCUT2D eigenvalue weighted by atomic mass is 9.64. The second kappa shape index (κ2) is 12.2. The molecule has 0 unspecified atom stereocenters. The Bertz CT molecular complexity index is 1020. The Morgan fingerprint density at radius 2 is 1.59 bits per heavy atom. The summed E-state index contributed by atoms with van der Waals surface area (Å²) in [5.74, 6) is -2.80. The van der Waals surface area contributed by atoms with E-state index < -0.39 is 44.5 Å². The first-order valence-electron chi connectivity index (χ1n) is 12.3. The maximum atomic E-state index is 13.5. The number of esters is 2. The minimum Gasteiger partial charge on any atom is -0.459 e. The van der Waals surface area contributed by atoms with E-state index in [-0.39, 0.29) is 44.6 Å². The van der Waals surface area contributed by atoms with Gasteiger partial charge in [-0.15, -0.1) is 0 Å². The van der Waals surface area contributed by atoms with Crippen LogP contribution in [0, 0.1) is 23.2 Å². The second-order valence-electron chi connectivity index (χ2n) is 11.8. The van der Waals surface area contributed by atoms with E-state index in [0.29, 0.717) is 6.61 Å². The van der Waals surface area contributed by atoms with Gasteiger partial charge >= 0.3 is 11.9 Å². The molecule has 0 saturated carbocycles. The highest BCUT2D eigenvalue weighted by Gasteiger charge is 2.57. The second-order valence-corrected chi connectivity index (χ2v) is 15.5. The number of benzene rings is 1. The summed E-state index contributed by atoms with van der Waals surface area (Å²) in [6.07, 6.45) is 0. The van der Waals surface area contributed by atoms with Gasteiger partial charge in [-0.3, -0.25) is 14.4 Å². The molecule has 1 heterocycles. The van der Waals surface area contributed by atoms with Crippen LogP contribution in [0.5, 0.6) is 5.75 Å². The van der Waals surface area contributed by atoms with Gasteiger partial charge < -0.3 is 18.8 Å². The summed E-state index contributed by atoms with van der Waals surface area (Å²) in [5.41, 5.74) is -1.00. The summed E-state index contributed by atoms with van der Waals surface area (Å²) in [6.45, 7) is 17.3. The number of halogens is 3. The third kappa shape index (κ3) is 8.33. The quantitative estimate of drug-likeness (QED) is 0.114. The molecule has 1 fully saturated rings. The monoisotopic (exact) mass is 593 g/mol. The Labute approximate surface area is 236 Å². The first-order chi connectivity index (χ1) is 16.8. The largest absolute Gasteiger partial charge is 0.459 e. The number of ether oxygens (including phenoxy) is 2. The Kier molecular flexibility index (Phi) is 10.6. The SMILES string of the molecule is C[C@@H](C(=O)Oc1cc(Cl)c(Cl)cc1Cl)[C@@H]1[C@H]([C@@H](CO[SiH](C)C)C(C)(C)C)C(=O)N1CC(=O)OC(C)(C)C. The van der Waals surface area contributed by atoms with Crippen LogP contribution in [0.2, 0.25) is 28.2 Å². The highest BCUT2D eigenvalue weighted by molar-refractivity contribution is 6.48. The molecule has 2 rings (SSSR count). The maximum Gasteiger partial charge on any atom is 0.326 e. The third-order valence-corrected chi connectivity index (χ3v) is 8.12. The number of β-lactam (4-membered cyclic amide) rings is 1. The summed E-state index contributed by atoms with van der Waals surface area (Å²) in [7, 11) is -1.37. The predicted octanol–water partition coefficient (Wildman–Crippen LogP) is 6.02. The number of carbonyl (C=O) groups excluding carboxylic acids is 3. The molecule has 1 aliphatic rings. The van der Waals surface area contributed by atoms with E-state index >= 15 is 0 Å². The van der Waals surface area contributed by atoms with Gasteiger partial charge in [0.15, 0.2) is 14.8 Å². The normalized spacial score (nSPS) is 19.9. The highest BCUT2D eigenvalue weighted by Crippen LogP contribution is 2.45. The fourth-order valence-corrected chi connectivity index (χ4v) is 5.56. The fraction of sp³-hybridized carbons (Fsp3) is 0.654. The summed E-state index contributed by atoms with van der Waals surface area (Å²) < 4.78 is 17.1. The molecule has 0 N–H and O–H groups in total. The molecule has 1 aromatic rings. The fourth-order valence-electron chi connectivity index (χ4n) is 4.40. The average molecular weight is 595 g/mol. The zero-order chi connectivity index (χ0) is 28.5. The van der Waals surface area contributed by atoms with E-state index in [4.69, 9.17) is 48.7 Å². The molecule has 4 atom stereocenters. The van der Waals surface area contributed by atoms with Gasteiger partial charge in [-0.25, -0.2) is 0 Å². The molecule has 0 bridgehead atoms. The van der Waals surface area contributed by atoms with Crippen LogP contribution in [0.1, 0.15) is 48.5 Å². The number of likely N-dealkylation sites (tertiary alicyclic amines) is 1. The Balaban J connectivity index is 2.39. The molecule has 208 valence electrons. The van der Waals surface area contributed by atoms with Gasteiger partial charge in [0.1, 0.15) is 12.1 Å². The van der Waals surface area contributed by atoms with Crippen molar-refractivity contribution in [2.24, 2.45) is 23.2 Å². The van der Waals surface area contributed by atoms with Gasteiger partial charge in [0, 0.05) is 12.7 Å². The number of hydrogen-bond acceptors (Lipinski definition) is 6. The molecule has 37 heavy (non-hydrogen) atoms. The highest BCUT2D eigenvalue weighted by atomic mass is 35.5. The van der Waals surface area contributed by atoms with Crippen molar-refractivity contribution in [3.63, 3.8) is 0 Å². The van der Waals surface area contributed by atoms with E-state index in [2.05, 4.69) is 13.1 Å². The average Bonchev–Trinajstić information content (AvgIpc) is 2.72. The molecule has 0 aromatic heterocycles. The summed E-state index contributed by atoms with van der Waals surface area (Å²) in [6, 6.07) is 2.17. The van der Waals surface area contributed by atoms with Crippen molar-refractivity contribution in [3.05, 3.63) is 27.2 Å². The van der Waals surface area contributed by atoms with Crippen molar-refractivity contribution in [2.45, 2.75) is 73.2 Å². The van der Waals surface area contributed by atoms with Crippen molar-refractivity contribution in [1.82, 2.24) is 4.90 Å². The van der Waals surface area contributed by atoms with Crippen LogP contribution in [-0.2, 0) is 23.5 Å². The van der Waals surface area contributed by atoms with Gasteiger partial charge in [-0.05, 0) is 58.2 Å². The molecular formula is C26H38Cl3NO6Si. The lowest BCUT2D eigenvalue weighted by Crippen LogP contribution is -2.69. The number of rotatable bonds is 9. The third-order valence-electron chi connectivity index (χ3n) is 6.24. The van der Waals surface area contributed by atoms with Crippen molar-refractivity contribution >= 4 is 61.7 Å². The molecule has 0 spiro atoms. The maximum absolute atomic E-state index is 13.5. The molecule has 1 aliphatic heterocycles. The molecule has 7 nitrogen and oxygen atoms in total. The molecule has 1 amide bonds. The van der Waals surface area contributed by atoms with Crippen LogP contribution < -0.4 is 4.74 Å². The summed E-state index contributed by atoms with van der Waals surface area (Å²) >= 11 is 18.3. The zero-order valence-corrected chi connectivity index (χ0v) is 26.4. The first-order valence-corrected chi connectivity index (χ1v) is 16.2. The van der Waals surface area contributed by atoms with E-state index in [0.717, 1.165) is 0 Å². The molecule has 1 aromatic carbocycles. The van der Waals surface area contributed by atoms with Crippen molar-refractivity contribution in [3.8, 4) is 5.75 Å².